The van der Waals surface area contributed by atoms with Crippen LogP contribution in [-0.2, 0) is 11.2 Å². The molecule has 0 radical (unpaired) electrons. The van der Waals surface area contributed by atoms with E-state index in [2.05, 4.69) is 34.6 Å². The molecule has 0 saturated carbocycles. The van der Waals surface area contributed by atoms with Crippen LogP contribution >= 0.6 is 0 Å². The maximum atomic E-state index is 11.9. The van der Waals surface area contributed by atoms with Gasteiger partial charge >= 0.3 is 0 Å². The fourth-order valence-electron chi connectivity index (χ4n) is 2.41. The van der Waals surface area contributed by atoms with Crippen LogP contribution in [0.5, 0.6) is 0 Å². The van der Waals surface area contributed by atoms with Gasteiger partial charge in [-0.15, -0.1) is 0 Å². The smallest absolute Gasteiger partial charge is 0.234 e. The molecule has 104 valence electrons. The average Bonchev–Trinajstić information content (AvgIpc) is 2.40. The van der Waals surface area contributed by atoms with Crippen LogP contribution in [0.3, 0.4) is 0 Å². The van der Waals surface area contributed by atoms with Gasteiger partial charge in [-0.1, -0.05) is 30.3 Å². The summed E-state index contributed by atoms with van der Waals surface area (Å²) in [4.78, 5) is 14.1. The second-order valence-electron chi connectivity index (χ2n) is 5.18. The van der Waals surface area contributed by atoms with Gasteiger partial charge in [-0.2, -0.15) is 0 Å². The highest BCUT2D eigenvalue weighted by Gasteiger charge is 2.14. The Labute approximate surface area is 115 Å². The second kappa shape index (κ2) is 7.26. The van der Waals surface area contributed by atoms with Crippen molar-refractivity contribution in [1.82, 2.24) is 15.5 Å². The van der Waals surface area contributed by atoms with E-state index in [1.54, 1.807) is 0 Å². The Hall–Kier alpha value is -1.39. The molecule has 2 N–H and O–H groups in total. The van der Waals surface area contributed by atoms with Gasteiger partial charge in [0.2, 0.25) is 5.91 Å². The summed E-state index contributed by atoms with van der Waals surface area (Å²) < 4.78 is 0. The maximum absolute atomic E-state index is 11.9. The van der Waals surface area contributed by atoms with Crippen molar-refractivity contribution in [3.05, 3.63) is 35.9 Å². The van der Waals surface area contributed by atoms with Crippen molar-refractivity contribution < 1.29 is 4.79 Å². The lowest BCUT2D eigenvalue weighted by Crippen LogP contribution is -2.48. The Morgan fingerprint density at radius 3 is 2.68 bits per heavy atom. The highest BCUT2D eigenvalue weighted by molar-refractivity contribution is 5.78. The highest BCUT2D eigenvalue weighted by Crippen LogP contribution is 2.02. The molecule has 1 amide bonds. The second-order valence-corrected chi connectivity index (χ2v) is 5.18. The van der Waals surface area contributed by atoms with Gasteiger partial charge in [-0.25, -0.2) is 0 Å². The third-order valence-electron chi connectivity index (χ3n) is 3.37. The van der Waals surface area contributed by atoms with Crippen molar-refractivity contribution in [3.63, 3.8) is 0 Å². The van der Waals surface area contributed by atoms with Crippen LogP contribution in [0.4, 0.5) is 0 Å². The Morgan fingerprint density at radius 2 is 2.00 bits per heavy atom. The van der Waals surface area contributed by atoms with Crippen LogP contribution < -0.4 is 10.6 Å². The summed E-state index contributed by atoms with van der Waals surface area (Å²) in [5.74, 6) is 0.130. The molecular formula is C15H23N3O. The molecule has 1 aromatic carbocycles. The predicted molar refractivity (Wildman–Crippen MR) is 77.1 cm³/mol. The van der Waals surface area contributed by atoms with Gasteiger partial charge in [0.1, 0.15) is 0 Å². The van der Waals surface area contributed by atoms with Gasteiger partial charge in [0.15, 0.2) is 0 Å². The van der Waals surface area contributed by atoms with Crippen LogP contribution in [0.15, 0.2) is 30.3 Å². The van der Waals surface area contributed by atoms with Gasteiger partial charge < -0.3 is 10.6 Å². The van der Waals surface area contributed by atoms with E-state index in [0.29, 0.717) is 6.54 Å². The van der Waals surface area contributed by atoms with E-state index >= 15 is 0 Å². The zero-order chi connectivity index (χ0) is 13.5. The van der Waals surface area contributed by atoms with Crippen molar-refractivity contribution in [2.45, 2.75) is 19.4 Å². The lowest BCUT2D eigenvalue weighted by atomic mass is 10.1. The molecule has 1 aromatic rings. The molecule has 1 unspecified atom stereocenters. The Morgan fingerprint density at radius 1 is 1.32 bits per heavy atom. The predicted octanol–water partition coefficient (Wildman–Crippen LogP) is 0.639. The first-order valence-electron chi connectivity index (χ1n) is 7.00. The third-order valence-corrected chi connectivity index (χ3v) is 3.37. The molecule has 1 aliphatic heterocycles. The summed E-state index contributed by atoms with van der Waals surface area (Å²) in [6.45, 7) is 6.45. The summed E-state index contributed by atoms with van der Waals surface area (Å²) in [5.41, 5.74) is 1.26. The van der Waals surface area contributed by atoms with Gasteiger partial charge in [0.05, 0.1) is 6.54 Å². The first kappa shape index (κ1) is 14.0. The number of piperazine rings is 1. The molecule has 19 heavy (non-hydrogen) atoms. The third kappa shape index (κ3) is 5.01. The Bertz CT molecular complexity index is 388. The van der Waals surface area contributed by atoms with E-state index in [0.717, 1.165) is 32.6 Å². The number of amides is 1. The van der Waals surface area contributed by atoms with Crippen LogP contribution in [0.1, 0.15) is 12.5 Å². The zero-order valence-electron chi connectivity index (χ0n) is 11.6. The van der Waals surface area contributed by atoms with Crippen molar-refractivity contribution in [2.24, 2.45) is 0 Å². The number of nitrogens with zero attached hydrogens (tertiary/aromatic N) is 1. The Kier molecular flexibility index (Phi) is 5.36. The summed E-state index contributed by atoms with van der Waals surface area (Å²) in [6.07, 6.45) is 0.883. The van der Waals surface area contributed by atoms with Crippen molar-refractivity contribution in [2.75, 3.05) is 32.7 Å². The average molecular weight is 261 g/mol. The van der Waals surface area contributed by atoms with E-state index < -0.39 is 0 Å². The van der Waals surface area contributed by atoms with E-state index in [-0.39, 0.29) is 11.9 Å². The molecule has 1 aliphatic rings. The van der Waals surface area contributed by atoms with Gasteiger partial charge in [-0.05, 0) is 18.9 Å². The minimum Gasteiger partial charge on any atom is -0.352 e. The van der Waals surface area contributed by atoms with Gasteiger partial charge in [0.25, 0.3) is 0 Å². The van der Waals surface area contributed by atoms with E-state index in [1.165, 1.54) is 5.56 Å². The standard InChI is InChI=1S/C15H23N3O/c1-13(11-14-5-3-2-4-6-14)17-15(19)12-18-9-7-16-8-10-18/h2-6,13,16H,7-12H2,1H3,(H,17,19). The molecule has 0 aliphatic carbocycles. The summed E-state index contributed by atoms with van der Waals surface area (Å²) >= 11 is 0. The number of carbonyl (C=O) groups excluding carboxylic acids is 1. The summed E-state index contributed by atoms with van der Waals surface area (Å²) in [5, 5.41) is 6.36. The zero-order valence-corrected chi connectivity index (χ0v) is 11.6. The summed E-state index contributed by atoms with van der Waals surface area (Å²) in [6, 6.07) is 10.4. The first-order valence-corrected chi connectivity index (χ1v) is 7.00. The van der Waals surface area contributed by atoms with Crippen LogP contribution in [-0.4, -0.2) is 49.6 Å². The lowest BCUT2D eigenvalue weighted by molar-refractivity contribution is -0.122. The van der Waals surface area contributed by atoms with Crippen molar-refractivity contribution >= 4 is 5.91 Å². The van der Waals surface area contributed by atoms with E-state index in [4.69, 9.17) is 0 Å². The molecular weight excluding hydrogens is 238 g/mol. The normalized spacial score (nSPS) is 17.9. The quantitative estimate of drug-likeness (QED) is 0.817. The number of hydrogen-bond acceptors (Lipinski definition) is 3. The van der Waals surface area contributed by atoms with Gasteiger partial charge in [0, 0.05) is 32.2 Å². The van der Waals surface area contributed by atoms with Crippen molar-refractivity contribution in [1.29, 1.82) is 0 Å². The van der Waals surface area contributed by atoms with Crippen LogP contribution in [0.25, 0.3) is 0 Å². The number of nitrogens with one attached hydrogen (secondary N) is 2. The lowest BCUT2D eigenvalue weighted by Gasteiger charge is -2.27. The molecule has 4 heteroatoms. The highest BCUT2D eigenvalue weighted by atomic mass is 16.2. The number of hydrogen-bond donors (Lipinski definition) is 2. The molecule has 1 fully saturated rings. The molecule has 0 bridgehead atoms. The SMILES string of the molecule is CC(Cc1ccccc1)NC(=O)CN1CCNCC1. The minimum absolute atomic E-state index is 0.130. The molecule has 1 saturated heterocycles. The van der Waals surface area contributed by atoms with E-state index in [9.17, 15) is 4.79 Å². The molecule has 0 aromatic heterocycles. The van der Waals surface area contributed by atoms with Crippen LogP contribution in [0.2, 0.25) is 0 Å². The topological polar surface area (TPSA) is 44.4 Å². The summed E-state index contributed by atoms with van der Waals surface area (Å²) in [7, 11) is 0. The molecule has 0 spiro atoms. The molecule has 2 rings (SSSR count). The van der Waals surface area contributed by atoms with E-state index in [1.807, 2.05) is 18.2 Å². The van der Waals surface area contributed by atoms with Crippen molar-refractivity contribution in [3.8, 4) is 0 Å². The Balaban J connectivity index is 1.72. The fourth-order valence-corrected chi connectivity index (χ4v) is 2.41. The molecule has 1 atom stereocenters. The van der Waals surface area contributed by atoms with Crippen LogP contribution in [0, 0.1) is 0 Å². The number of benzene rings is 1. The maximum Gasteiger partial charge on any atom is 0.234 e. The molecule has 1 heterocycles. The number of rotatable bonds is 5. The monoisotopic (exact) mass is 261 g/mol. The van der Waals surface area contributed by atoms with Gasteiger partial charge in [-0.3, -0.25) is 9.69 Å². The fraction of sp³-hybridized carbons (Fsp3) is 0.533. The molecule has 4 nitrogen and oxygen atoms in total. The minimum atomic E-state index is 0.130. The first-order chi connectivity index (χ1) is 9.24. The number of carbonyl (C=O) groups is 1. The largest absolute Gasteiger partial charge is 0.352 e.